The summed E-state index contributed by atoms with van der Waals surface area (Å²) in [5, 5.41) is 12.3. The summed E-state index contributed by atoms with van der Waals surface area (Å²) in [5.41, 5.74) is 1.19. The number of methoxy groups -OCH3 is 1. The lowest BCUT2D eigenvalue weighted by Crippen LogP contribution is -2.22. The van der Waals surface area contributed by atoms with E-state index in [-0.39, 0.29) is 5.41 Å². The van der Waals surface area contributed by atoms with Crippen LogP contribution in [0, 0.1) is 16.7 Å². The average Bonchev–Trinajstić information content (AvgIpc) is 3.23. The van der Waals surface area contributed by atoms with Crippen LogP contribution in [0.2, 0.25) is 0 Å². The number of rotatable bonds is 8. The van der Waals surface area contributed by atoms with Crippen LogP contribution < -0.4 is 14.8 Å². The SMILES string of the molecule is COc1ccc(OCC2(CC#N)CC2)c(CNC(C)C)c1. The highest BCUT2D eigenvalue weighted by Crippen LogP contribution is 2.48. The standard InChI is InChI=1S/C17H24N2O2/c1-13(2)19-11-14-10-15(20-3)4-5-16(14)21-12-17(6-7-17)8-9-18/h4-5,10,13,19H,6-8,11-12H2,1-3H3. The molecule has 1 N–H and O–H groups in total. The van der Waals surface area contributed by atoms with Gasteiger partial charge in [0.1, 0.15) is 11.5 Å². The number of benzene rings is 1. The Kier molecular flexibility index (Phi) is 5.08. The first-order valence-corrected chi connectivity index (χ1v) is 7.49. The zero-order chi connectivity index (χ0) is 15.3. The van der Waals surface area contributed by atoms with E-state index in [1.807, 2.05) is 18.2 Å². The highest BCUT2D eigenvalue weighted by atomic mass is 16.5. The van der Waals surface area contributed by atoms with E-state index >= 15 is 0 Å². The molecule has 4 nitrogen and oxygen atoms in total. The van der Waals surface area contributed by atoms with Crippen LogP contribution in [-0.4, -0.2) is 19.8 Å². The molecule has 0 atom stereocenters. The lowest BCUT2D eigenvalue weighted by atomic mass is 10.1. The van der Waals surface area contributed by atoms with Gasteiger partial charge in [-0.3, -0.25) is 0 Å². The van der Waals surface area contributed by atoms with Crippen molar-refractivity contribution in [2.45, 2.75) is 45.7 Å². The minimum atomic E-state index is 0.0947. The molecule has 4 heteroatoms. The molecule has 0 unspecified atom stereocenters. The lowest BCUT2D eigenvalue weighted by molar-refractivity contribution is 0.234. The molecule has 1 aliphatic carbocycles. The third kappa shape index (κ3) is 4.37. The van der Waals surface area contributed by atoms with Crippen molar-refractivity contribution in [3.05, 3.63) is 23.8 Å². The molecule has 0 radical (unpaired) electrons. The summed E-state index contributed by atoms with van der Waals surface area (Å²) in [7, 11) is 1.67. The normalized spacial score (nSPS) is 15.6. The van der Waals surface area contributed by atoms with E-state index in [4.69, 9.17) is 14.7 Å². The minimum absolute atomic E-state index is 0.0947. The van der Waals surface area contributed by atoms with E-state index in [1.165, 1.54) is 0 Å². The molecule has 0 aliphatic heterocycles. The number of nitriles is 1. The second-order valence-corrected chi connectivity index (χ2v) is 6.13. The molecule has 114 valence electrons. The van der Waals surface area contributed by atoms with Crippen molar-refractivity contribution in [3.8, 4) is 17.6 Å². The van der Waals surface area contributed by atoms with E-state index in [9.17, 15) is 0 Å². The Morgan fingerprint density at radius 2 is 2.14 bits per heavy atom. The van der Waals surface area contributed by atoms with Crippen LogP contribution in [0.5, 0.6) is 11.5 Å². The quantitative estimate of drug-likeness (QED) is 0.797. The maximum Gasteiger partial charge on any atom is 0.124 e. The van der Waals surface area contributed by atoms with Crippen molar-refractivity contribution in [1.82, 2.24) is 5.32 Å². The van der Waals surface area contributed by atoms with Crippen molar-refractivity contribution in [2.24, 2.45) is 5.41 Å². The van der Waals surface area contributed by atoms with Gasteiger partial charge in [-0.25, -0.2) is 0 Å². The Labute approximate surface area is 127 Å². The highest BCUT2D eigenvalue weighted by Gasteiger charge is 2.43. The van der Waals surface area contributed by atoms with E-state index < -0.39 is 0 Å². The molecule has 1 saturated carbocycles. The van der Waals surface area contributed by atoms with Crippen molar-refractivity contribution >= 4 is 0 Å². The fourth-order valence-corrected chi connectivity index (χ4v) is 2.22. The van der Waals surface area contributed by atoms with Crippen LogP contribution in [0.25, 0.3) is 0 Å². The number of nitrogens with zero attached hydrogens (tertiary/aromatic N) is 1. The fraction of sp³-hybridized carbons (Fsp3) is 0.588. The third-order valence-corrected chi connectivity index (χ3v) is 3.91. The summed E-state index contributed by atoms with van der Waals surface area (Å²) in [5.74, 6) is 1.72. The molecule has 1 aromatic rings. The van der Waals surface area contributed by atoms with Gasteiger partial charge in [0.2, 0.25) is 0 Å². The van der Waals surface area contributed by atoms with Gasteiger partial charge < -0.3 is 14.8 Å². The molecule has 0 heterocycles. The maximum atomic E-state index is 8.88. The van der Waals surface area contributed by atoms with Crippen LogP contribution in [0.3, 0.4) is 0 Å². The van der Waals surface area contributed by atoms with Crippen molar-refractivity contribution in [2.75, 3.05) is 13.7 Å². The molecule has 0 amide bonds. The summed E-state index contributed by atoms with van der Waals surface area (Å²) in [4.78, 5) is 0. The summed E-state index contributed by atoms with van der Waals surface area (Å²) >= 11 is 0. The Morgan fingerprint density at radius 3 is 2.71 bits per heavy atom. The topological polar surface area (TPSA) is 54.3 Å². The van der Waals surface area contributed by atoms with Crippen LogP contribution in [-0.2, 0) is 6.54 Å². The van der Waals surface area contributed by atoms with Gasteiger partial charge >= 0.3 is 0 Å². The van der Waals surface area contributed by atoms with E-state index in [0.717, 1.165) is 36.4 Å². The van der Waals surface area contributed by atoms with Crippen LogP contribution in [0.1, 0.15) is 38.7 Å². The third-order valence-electron chi connectivity index (χ3n) is 3.91. The van der Waals surface area contributed by atoms with Gasteiger partial charge in [-0.2, -0.15) is 5.26 Å². The predicted octanol–water partition coefficient (Wildman–Crippen LogP) is 3.27. The number of hydrogen-bond donors (Lipinski definition) is 1. The second-order valence-electron chi connectivity index (χ2n) is 6.13. The monoisotopic (exact) mass is 288 g/mol. The number of ether oxygens (including phenoxy) is 2. The molecule has 1 aliphatic rings. The molecule has 1 aromatic carbocycles. The molecule has 0 saturated heterocycles. The van der Waals surface area contributed by atoms with Crippen LogP contribution in [0.4, 0.5) is 0 Å². The average molecular weight is 288 g/mol. The first kappa shape index (κ1) is 15.7. The summed E-state index contributed by atoms with van der Waals surface area (Å²) in [6.07, 6.45) is 2.77. The fourth-order valence-electron chi connectivity index (χ4n) is 2.22. The van der Waals surface area contributed by atoms with Gasteiger partial charge in [-0.05, 0) is 31.0 Å². The van der Waals surface area contributed by atoms with Crippen molar-refractivity contribution < 1.29 is 9.47 Å². The van der Waals surface area contributed by atoms with Gasteiger partial charge in [-0.1, -0.05) is 13.8 Å². The Bertz CT molecular complexity index is 516. The zero-order valence-corrected chi connectivity index (χ0v) is 13.1. The van der Waals surface area contributed by atoms with Crippen molar-refractivity contribution in [1.29, 1.82) is 5.26 Å². The van der Waals surface area contributed by atoms with Gasteiger partial charge in [0, 0.05) is 30.0 Å². The smallest absolute Gasteiger partial charge is 0.124 e. The second kappa shape index (κ2) is 6.82. The van der Waals surface area contributed by atoms with Crippen LogP contribution >= 0.6 is 0 Å². The molecule has 0 aromatic heterocycles. The maximum absolute atomic E-state index is 8.88. The Morgan fingerprint density at radius 1 is 1.38 bits per heavy atom. The van der Waals surface area contributed by atoms with Gasteiger partial charge in [0.05, 0.1) is 19.8 Å². The van der Waals surface area contributed by atoms with Gasteiger partial charge in [-0.15, -0.1) is 0 Å². The largest absolute Gasteiger partial charge is 0.497 e. The molecule has 0 bridgehead atoms. The summed E-state index contributed by atoms with van der Waals surface area (Å²) < 4.78 is 11.3. The molecular weight excluding hydrogens is 264 g/mol. The van der Waals surface area contributed by atoms with Crippen LogP contribution in [0.15, 0.2) is 18.2 Å². The van der Waals surface area contributed by atoms with E-state index in [2.05, 4.69) is 25.2 Å². The Balaban J connectivity index is 2.05. The van der Waals surface area contributed by atoms with E-state index in [1.54, 1.807) is 7.11 Å². The zero-order valence-electron chi connectivity index (χ0n) is 13.1. The lowest BCUT2D eigenvalue weighted by Gasteiger charge is -2.17. The molecule has 21 heavy (non-hydrogen) atoms. The first-order chi connectivity index (χ1) is 10.1. The predicted molar refractivity (Wildman–Crippen MR) is 82.4 cm³/mol. The molecule has 1 fully saturated rings. The Hall–Kier alpha value is -1.73. The molecular formula is C17H24N2O2. The first-order valence-electron chi connectivity index (χ1n) is 7.49. The summed E-state index contributed by atoms with van der Waals surface area (Å²) in [6, 6.07) is 8.56. The molecule has 2 rings (SSSR count). The molecule has 0 spiro atoms. The van der Waals surface area contributed by atoms with Crippen molar-refractivity contribution in [3.63, 3.8) is 0 Å². The number of nitrogens with one attached hydrogen (secondary N) is 1. The highest BCUT2D eigenvalue weighted by molar-refractivity contribution is 5.40. The minimum Gasteiger partial charge on any atom is -0.497 e. The van der Waals surface area contributed by atoms with E-state index in [0.29, 0.717) is 19.1 Å². The summed E-state index contributed by atoms with van der Waals surface area (Å²) in [6.45, 7) is 5.61. The van der Waals surface area contributed by atoms with Gasteiger partial charge in [0.25, 0.3) is 0 Å². The van der Waals surface area contributed by atoms with Gasteiger partial charge in [0.15, 0.2) is 0 Å². The number of hydrogen-bond acceptors (Lipinski definition) is 4.